The number of carbonyl (C=O) groups is 1. The van der Waals surface area contributed by atoms with E-state index in [4.69, 9.17) is 11.6 Å². The molecule has 7 nitrogen and oxygen atoms in total. The van der Waals surface area contributed by atoms with Crippen molar-refractivity contribution in [2.45, 2.75) is 13.0 Å². The van der Waals surface area contributed by atoms with Gasteiger partial charge in [-0.15, -0.1) is 0 Å². The predicted molar refractivity (Wildman–Crippen MR) is 160 cm³/mol. The van der Waals surface area contributed by atoms with Crippen molar-refractivity contribution in [2.24, 2.45) is 0 Å². The molecule has 1 heterocycles. The zero-order valence-electron chi connectivity index (χ0n) is 22.1. The quantitative estimate of drug-likeness (QED) is 0.196. The van der Waals surface area contributed by atoms with Crippen molar-refractivity contribution < 1.29 is 9.72 Å². The van der Waals surface area contributed by atoms with Gasteiger partial charge in [0.25, 0.3) is 11.6 Å². The molecular weight excluding hydrogens is 524 g/mol. The number of halogens is 1. The third-order valence-electron chi connectivity index (χ3n) is 7.24. The van der Waals surface area contributed by atoms with E-state index < -0.39 is 10.8 Å². The van der Waals surface area contributed by atoms with Crippen LogP contribution in [0.1, 0.15) is 21.5 Å². The Bertz CT molecular complexity index is 1450. The van der Waals surface area contributed by atoms with Crippen LogP contribution in [0, 0.1) is 10.1 Å². The van der Waals surface area contributed by atoms with Gasteiger partial charge in [-0.25, -0.2) is 0 Å². The standard InChI is InChI=1S/C32H31ClN4O3/c33-28-13-10-26(11-14-28)27-12-15-30(31(22-27)37(39)40)32(38)34-17-16-24-6-8-25(9-7-24)23-35-18-20-36(21-19-35)29-4-2-1-3-5-29/h1-15,22H,16-21,23H2,(H,34,38). The summed E-state index contributed by atoms with van der Waals surface area (Å²) in [6.45, 7) is 5.38. The van der Waals surface area contributed by atoms with Gasteiger partial charge in [0.1, 0.15) is 5.56 Å². The molecule has 1 aliphatic rings. The van der Waals surface area contributed by atoms with E-state index in [2.05, 4.69) is 63.6 Å². The van der Waals surface area contributed by atoms with Crippen molar-refractivity contribution in [3.63, 3.8) is 0 Å². The van der Waals surface area contributed by atoms with E-state index in [1.54, 1.807) is 30.3 Å². The van der Waals surface area contributed by atoms with E-state index in [-0.39, 0.29) is 11.3 Å². The minimum atomic E-state index is -0.519. The summed E-state index contributed by atoms with van der Waals surface area (Å²) in [7, 11) is 0. The maximum atomic E-state index is 12.8. The largest absolute Gasteiger partial charge is 0.369 e. The molecule has 0 spiro atoms. The first-order valence-electron chi connectivity index (χ1n) is 13.4. The molecule has 0 bridgehead atoms. The summed E-state index contributed by atoms with van der Waals surface area (Å²) in [6, 6.07) is 30.7. The Labute approximate surface area is 239 Å². The van der Waals surface area contributed by atoms with Crippen LogP contribution in [-0.4, -0.2) is 48.5 Å². The topological polar surface area (TPSA) is 78.7 Å². The number of hydrogen-bond acceptors (Lipinski definition) is 5. The average molecular weight is 555 g/mol. The highest BCUT2D eigenvalue weighted by molar-refractivity contribution is 6.30. The van der Waals surface area contributed by atoms with E-state index in [0.29, 0.717) is 23.6 Å². The van der Waals surface area contributed by atoms with Gasteiger partial charge >= 0.3 is 0 Å². The number of amides is 1. The molecule has 40 heavy (non-hydrogen) atoms. The summed E-state index contributed by atoms with van der Waals surface area (Å²) >= 11 is 5.95. The molecular formula is C32H31ClN4O3. The number of rotatable bonds is 9. The molecule has 0 aromatic heterocycles. The Kier molecular flexibility index (Phi) is 8.74. The smallest absolute Gasteiger partial charge is 0.282 e. The number of hydrogen-bond donors (Lipinski definition) is 1. The van der Waals surface area contributed by atoms with Crippen molar-refractivity contribution in [1.29, 1.82) is 0 Å². The zero-order valence-corrected chi connectivity index (χ0v) is 22.9. The van der Waals surface area contributed by atoms with Gasteiger partial charge in [-0.1, -0.05) is 72.3 Å². The zero-order chi connectivity index (χ0) is 27.9. The summed E-state index contributed by atoms with van der Waals surface area (Å²) < 4.78 is 0. The Morgan fingerprint density at radius 3 is 2.15 bits per heavy atom. The van der Waals surface area contributed by atoms with Gasteiger partial charge in [-0.2, -0.15) is 0 Å². The third-order valence-corrected chi connectivity index (χ3v) is 7.49. The van der Waals surface area contributed by atoms with Crippen LogP contribution < -0.4 is 10.2 Å². The first kappa shape index (κ1) is 27.4. The second-order valence-electron chi connectivity index (χ2n) is 9.92. The number of benzene rings is 4. The van der Waals surface area contributed by atoms with Crippen molar-refractivity contribution in [3.8, 4) is 11.1 Å². The molecule has 1 N–H and O–H groups in total. The molecule has 8 heteroatoms. The Morgan fingerprint density at radius 2 is 1.48 bits per heavy atom. The molecule has 0 atom stereocenters. The summed E-state index contributed by atoms with van der Waals surface area (Å²) in [5.41, 5.74) is 4.91. The van der Waals surface area contributed by atoms with Crippen LogP contribution in [-0.2, 0) is 13.0 Å². The van der Waals surface area contributed by atoms with Crippen LogP contribution in [0.5, 0.6) is 0 Å². The highest BCUT2D eigenvalue weighted by Gasteiger charge is 2.21. The number of para-hydroxylation sites is 1. The number of piperazine rings is 1. The van der Waals surface area contributed by atoms with Gasteiger partial charge < -0.3 is 10.2 Å². The number of nitrogens with one attached hydrogen (secondary N) is 1. The van der Waals surface area contributed by atoms with Crippen molar-refractivity contribution >= 4 is 28.9 Å². The van der Waals surface area contributed by atoms with Crippen molar-refractivity contribution in [3.05, 3.63) is 129 Å². The minimum Gasteiger partial charge on any atom is -0.369 e. The number of nitro groups is 1. The van der Waals surface area contributed by atoms with E-state index in [9.17, 15) is 14.9 Å². The van der Waals surface area contributed by atoms with Gasteiger partial charge in [0.2, 0.25) is 0 Å². The summed E-state index contributed by atoms with van der Waals surface area (Å²) in [4.78, 5) is 28.9. The molecule has 204 valence electrons. The normalized spacial score (nSPS) is 13.7. The molecule has 0 unspecified atom stereocenters. The summed E-state index contributed by atoms with van der Waals surface area (Å²) in [5, 5.41) is 15.1. The first-order chi connectivity index (χ1) is 19.5. The SMILES string of the molecule is O=C(NCCc1ccc(CN2CCN(c3ccccc3)CC2)cc1)c1ccc(-c2ccc(Cl)cc2)cc1[N+](=O)[O-]. The van der Waals surface area contributed by atoms with Crippen LogP contribution >= 0.6 is 11.6 Å². The molecule has 1 aliphatic heterocycles. The lowest BCUT2D eigenvalue weighted by Gasteiger charge is -2.36. The lowest BCUT2D eigenvalue weighted by atomic mass is 10.0. The molecule has 1 amide bonds. The number of anilines is 1. The van der Waals surface area contributed by atoms with Crippen molar-refractivity contribution in [1.82, 2.24) is 10.2 Å². The van der Waals surface area contributed by atoms with Crippen LogP contribution in [0.3, 0.4) is 0 Å². The Balaban J connectivity index is 1.11. The molecule has 1 saturated heterocycles. The number of carbonyl (C=O) groups excluding carboxylic acids is 1. The second kappa shape index (κ2) is 12.8. The fraction of sp³-hybridized carbons (Fsp3) is 0.219. The van der Waals surface area contributed by atoms with Crippen LogP contribution in [0.2, 0.25) is 5.02 Å². The Morgan fingerprint density at radius 1 is 0.825 bits per heavy atom. The molecule has 4 aromatic carbocycles. The Hall–Kier alpha value is -4.20. The molecule has 4 aromatic rings. The second-order valence-corrected chi connectivity index (χ2v) is 10.4. The average Bonchev–Trinajstić information content (AvgIpc) is 2.99. The summed E-state index contributed by atoms with van der Waals surface area (Å²) in [5.74, 6) is -0.458. The number of nitrogens with zero attached hydrogens (tertiary/aromatic N) is 3. The lowest BCUT2D eigenvalue weighted by Crippen LogP contribution is -2.45. The van der Waals surface area contributed by atoms with E-state index in [1.165, 1.54) is 23.4 Å². The highest BCUT2D eigenvalue weighted by Crippen LogP contribution is 2.28. The minimum absolute atomic E-state index is 0.0467. The number of nitro benzene ring substituents is 1. The van der Waals surface area contributed by atoms with Gasteiger partial charge in [0.05, 0.1) is 4.92 Å². The van der Waals surface area contributed by atoms with E-state index >= 15 is 0 Å². The molecule has 5 rings (SSSR count). The van der Waals surface area contributed by atoms with Crippen LogP contribution in [0.4, 0.5) is 11.4 Å². The molecule has 1 fully saturated rings. The first-order valence-corrected chi connectivity index (χ1v) is 13.8. The van der Waals surface area contributed by atoms with Crippen LogP contribution in [0.15, 0.2) is 97.1 Å². The third kappa shape index (κ3) is 6.86. The van der Waals surface area contributed by atoms with E-state index in [0.717, 1.165) is 43.9 Å². The van der Waals surface area contributed by atoms with Gasteiger partial charge in [-0.05, 0) is 59.0 Å². The summed E-state index contributed by atoms with van der Waals surface area (Å²) in [6.07, 6.45) is 0.637. The monoisotopic (exact) mass is 554 g/mol. The lowest BCUT2D eigenvalue weighted by molar-refractivity contribution is -0.385. The fourth-order valence-corrected chi connectivity index (χ4v) is 5.11. The molecule has 0 radical (unpaired) electrons. The van der Waals surface area contributed by atoms with Gasteiger partial charge in [0, 0.05) is 56.0 Å². The predicted octanol–water partition coefficient (Wildman–Crippen LogP) is 6.21. The van der Waals surface area contributed by atoms with Gasteiger partial charge in [0.15, 0.2) is 0 Å². The molecule has 0 saturated carbocycles. The molecule has 0 aliphatic carbocycles. The van der Waals surface area contributed by atoms with Gasteiger partial charge in [-0.3, -0.25) is 19.8 Å². The van der Waals surface area contributed by atoms with E-state index in [1.807, 2.05) is 6.07 Å². The van der Waals surface area contributed by atoms with Crippen molar-refractivity contribution in [2.75, 3.05) is 37.6 Å². The van der Waals surface area contributed by atoms with Crippen LogP contribution in [0.25, 0.3) is 11.1 Å². The fourth-order valence-electron chi connectivity index (χ4n) is 4.98. The maximum absolute atomic E-state index is 12.8. The highest BCUT2D eigenvalue weighted by atomic mass is 35.5. The maximum Gasteiger partial charge on any atom is 0.282 e.